The fraction of sp³-hybridized carbons (Fsp3) is 0.571. The van der Waals surface area contributed by atoms with E-state index in [0.29, 0.717) is 25.0 Å². The van der Waals surface area contributed by atoms with Crippen molar-refractivity contribution >= 4 is 5.91 Å². The van der Waals surface area contributed by atoms with Gasteiger partial charge >= 0.3 is 0 Å². The number of nitrogens with zero attached hydrogens (tertiary/aromatic N) is 1. The lowest BCUT2D eigenvalue weighted by Crippen LogP contribution is -2.19. The molecule has 1 aromatic rings. The first kappa shape index (κ1) is 16.2. The minimum Gasteiger partial charge on any atom is -0.478 e. The van der Waals surface area contributed by atoms with E-state index in [1.54, 1.807) is 5.48 Å². The van der Waals surface area contributed by atoms with Crippen molar-refractivity contribution in [3.8, 4) is 11.8 Å². The average molecular weight is 282 g/mol. The molecule has 0 unspecified atom stereocenters. The van der Waals surface area contributed by atoms with Gasteiger partial charge in [-0.2, -0.15) is 4.98 Å². The molecule has 0 aliphatic rings. The first-order valence-corrected chi connectivity index (χ1v) is 6.93. The molecule has 0 aliphatic carbocycles. The zero-order chi connectivity index (χ0) is 14.8. The molecule has 0 atom stereocenters. The number of carbonyl (C=O) groups is 1. The zero-order valence-electron chi connectivity index (χ0n) is 12.0. The number of amides is 1. The summed E-state index contributed by atoms with van der Waals surface area (Å²) in [7, 11) is 0. The fourth-order valence-electron chi connectivity index (χ4n) is 1.47. The van der Waals surface area contributed by atoms with Gasteiger partial charge in [-0.05, 0) is 12.8 Å². The van der Waals surface area contributed by atoms with Crippen LogP contribution in [0, 0.1) is 0 Å². The standard InChI is InChI=1S/C14H22N2O4/c1-3-5-7-19-12-9-11(14(17)16-18)10-13(15-12)20-8-6-4-2/h9-10,18H,3-8H2,1-2H3,(H,16,17). The maximum atomic E-state index is 11.5. The number of rotatable bonds is 9. The molecule has 0 fully saturated rings. The Labute approximate surface area is 119 Å². The van der Waals surface area contributed by atoms with Crippen molar-refractivity contribution in [3.63, 3.8) is 0 Å². The van der Waals surface area contributed by atoms with Crippen molar-refractivity contribution in [3.05, 3.63) is 17.7 Å². The summed E-state index contributed by atoms with van der Waals surface area (Å²) in [6, 6.07) is 2.96. The predicted octanol–water partition coefficient (Wildman–Crippen LogP) is 2.56. The predicted molar refractivity (Wildman–Crippen MR) is 74.3 cm³/mol. The van der Waals surface area contributed by atoms with Gasteiger partial charge in [0.2, 0.25) is 11.8 Å². The largest absolute Gasteiger partial charge is 0.478 e. The van der Waals surface area contributed by atoms with Gasteiger partial charge in [-0.15, -0.1) is 0 Å². The number of unbranched alkanes of at least 4 members (excludes halogenated alkanes) is 2. The molecule has 0 bridgehead atoms. The summed E-state index contributed by atoms with van der Waals surface area (Å²) in [5, 5.41) is 8.70. The van der Waals surface area contributed by atoms with E-state index >= 15 is 0 Å². The monoisotopic (exact) mass is 282 g/mol. The molecule has 2 N–H and O–H groups in total. The Balaban J connectivity index is 2.80. The maximum absolute atomic E-state index is 11.5. The molecule has 1 aromatic heterocycles. The second kappa shape index (κ2) is 9.14. The van der Waals surface area contributed by atoms with Crippen LogP contribution in [0.3, 0.4) is 0 Å². The minimum atomic E-state index is -0.618. The lowest BCUT2D eigenvalue weighted by Gasteiger charge is -2.10. The van der Waals surface area contributed by atoms with Crippen LogP contribution in [0.15, 0.2) is 12.1 Å². The molecular formula is C14H22N2O4. The number of hydrogen-bond acceptors (Lipinski definition) is 5. The van der Waals surface area contributed by atoms with E-state index in [4.69, 9.17) is 14.7 Å². The first-order chi connectivity index (χ1) is 9.71. The van der Waals surface area contributed by atoms with Gasteiger partial charge in [0, 0.05) is 12.1 Å². The van der Waals surface area contributed by atoms with Gasteiger partial charge in [0.25, 0.3) is 5.91 Å². The van der Waals surface area contributed by atoms with Crippen LogP contribution < -0.4 is 15.0 Å². The summed E-state index contributed by atoms with van der Waals surface area (Å²) in [6.45, 7) is 5.18. The summed E-state index contributed by atoms with van der Waals surface area (Å²) in [5.41, 5.74) is 1.84. The molecule has 1 rings (SSSR count). The molecular weight excluding hydrogens is 260 g/mol. The third kappa shape index (κ3) is 5.44. The van der Waals surface area contributed by atoms with Gasteiger partial charge < -0.3 is 9.47 Å². The van der Waals surface area contributed by atoms with Gasteiger partial charge in [-0.3, -0.25) is 10.0 Å². The van der Waals surface area contributed by atoms with E-state index in [9.17, 15) is 4.79 Å². The molecule has 20 heavy (non-hydrogen) atoms. The fourth-order valence-corrected chi connectivity index (χ4v) is 1.47. The highest BCUT2D eigenvalue weighted by Crippen LogP contribution is 2.18. The number of ether oxygens (including phenoxy) is 2. The smallest absolute Gasteiger partial charge is 0.275 e. The Bertz CT molecular complexity index is 395. The van der Waals surface area contributed by atoms with E-state index in [1.807, 2.05) is 0 Å². The number of pyridine rings is 1. The minimum absolute atomic E-state index is 0.250. The van der Waals surface area contributed by atoms with Crippen LogP contribution in [0.5, 0.6) is 11.8 Å². The van der Waals surface area contributed by atoms with Crippen LogP contribution in [0.4, 0.5) is 0 Å². The van der Waals surface area contributed by atoms with Crippen molar-refractivity contribution in [2.24, 2.45) is 0 Å². The molecule has 0 aromatic carbocycles. The normalized spacial score (nSPS) is 10.2. The molecule has 0 aliphatic heterocycles. The third-order valence-electron chi connectivity index (χ3n) is 2.64. The second-order valence-electron chi connectivity index (χ2n) is 4.38. The van der Waals surface area contributed by atoms with E-state index in [1.165, 1.54) is 12.1 Å². The summed E-state index contributed by atoms with van der Waals surface area (Å²) in [5.74, 6) is 0.0326. The molecule has 6 heteroatoms. The Morgan fingerprint density at radius 1 is 1.15 bits per heavy atom. The van der Waals surface area contributed by atoms with E-state index < -0.39 is 5.91 Å². The summed E-state index contributed by atoms with van der Waals surface area (Å²) < 4.78 is 11.0. The Kier molecular flexibility index (Phi) is 7.42. The van der Waals surface area contributed by atoms with Gasteiger partial charge in [-0.1, -0.05) is 26.7 Å². The molecule has 0 saturated heterocycles. The third-order valence-corrected chi connectivity index (χ3v) is 2.64. The van der Waals surface area contributed by atoms with Crippen molar-refractivity contribution < 1.29 is 19.5 Å². The average Bonchev–Trinajstić information content (AvgIpc) is 2.47. The molecule has 6 nitrogen and oxygen atoms in total. The lowest BCUT2D eigenvalue weighted by atomic mass is 10.2. The Hall–Kier alpha value is -1.82. The van der Waals surface area contributed by atoms with Crippen molar-refractivity contribution in [1.29, 1.82) is 0 Å². The van der Waals surface area contributed by atoms with Crippen LogP contribution in [0.1, 0.15) is 49.9 Å². The molecule has 1 amide bonds. The van der Waals surface area contributed by atoms with Crippen LogP contribution in [0.2, 0.25) is 0 Å². The molecule has 0 saturated carbocycles. The van der Waals surface area contributed by atoms with Gasteiger partial charge in [0.15, 0.2) is 0 Å². The first-order valence-electron chi connectivity index (χ1n) is 6.93. The Morgan fingerprint density at radius 2 is 1.65 bits per heavy atom. The molecule has 112 valence electrons. The van der Waals surface area contributed by atoms with Crippen LogP contribution in [-0.4, -0.2) is 29.3 Å². The summed E-state index contributed by atoms with van der Waals surface area (Å²) in [4.78, 5) is 15.7. The summed E-state index contributed by atoms with van der Waals surface area (Å²) in [6.07, 6.45) is 3.83. The lowest BCUT2D eigenvalue weighted by molar-refractivity contribution is 0.0705. The SMILES string of the molecule is CCCCOc1cc(C(=O)NO)cc(OCCCC)n1. The van der Waals surface area contributed by atoms with E-state index in [0.717, 1.165) is 25.7 Å². The molecule has 0 spiro atoms. The van der Waals surface area contributed by atoms with Crippen molar-refractivity contribution in [1.82, 2.24) is 10.5 Å². The zero-order valence-corrected chi connectivity index (χ0v) is 12.0. The highest BCUT2D eigenvalue weighted by molar-refractivity contribution is 5.93. The summed E-state index contributed by atoms with van der Waals surface area (Å²) >= 11 is 0. The highest BCUT2D eigenvalue weighted by atomic mass is 16.5. The van der Waals surface area contributed by atoms with E-state index in [-0.39, 0.29) is 5.56 Å². The number of carbonyl (C=O) groups excluding carboxylic acids is 1. The maximum Gasteiger partial charge on any atom is 0.275 e. The van der Waals surface area contributed by atoms with Crippen LogP contribution >= 0.6 is 0 Å². The number of hydrogen-bond donors (Lipinski definition) is 2. The van der Waals surface area contributed by atoms with Crippen molar-refractivity contribution in [2.75, 3.05) is 13.2 Å². The quantitative estimate of drug-likeness (QED) is 0.413. The van der Waals surface area contributed by atoms with Gasteiger partial charge in [-0.25, -0.2) is 5.48 Å². The van der Waals surface area contributed by atoms with Crippen molar-refractivity contribution in [2.45, 2.75) is 39.5 Å². The Morgan fingerprint density at radius 3 is 2.05 bits per heavy atom. The van der Waals surface area contributed by atoms with Gasteiger partial charge in [0.1, 0.15) is 0 Å². The van der Waals surface area contributed by atoms with Crippen LogP contribution in [-0.2, 0) is 0 Å². The molecule has 1 heterocycles. The number of aromatic nitrogens is 1. The molecule has 0 radical (unpaired) electrons. The number of hydroxylamine groups is 1. The number of nitrogens with one attached hydrogen (secondary N) is 1. The van der Waals surface area contributed by atoms with Gasteiger partial charge in [0.05, 0.1) is 18.8 Å². The highest BCUT2D eigenvalue weighted by Gasteiger charge is 2.11. The van der Waals surface area contributed by atoms with Crippen LogP contribution in [0.25, 0.3) is 0 Å². The topological polar surface area (TPSA) is 80.7 Å². The second-order valence-corrected chi connectivity index (χ2v) is 4.38. The van der Waals surface area contributed by atoms with E-state index in [2.05, 4.69) is 18.8 Å².